The third-order valence-electron chi connectivity index (χ3n) is 25.7. The van der Waals surface area contributed by atoms with Crippen molar-refractivity contribution in [2.45, 2.75) is 248 Å². The lowest BCUT2D eigenvalue weighted by Crippen LogP contribution is -2.64. The van der Waals surface area contributed by atoms with Crippen LogP contribution in [0.4, 0.5) is 16.4 Å². The summed E-state index contributed by atoms with van der Waals surface area (Å²) in [6.45, 7) is 35.6. The Balaban J connectivity index is 0.000000212. The predicted octanol–water partition coefficient (Wildman–Crippen LogP) is 14.8. The Morgan fingerprint density at radius 3 is 1.34 bits per heavy atom. The van der Waals surface area contributed by atoms with Crippen LogP contribution in [0.1, 0.15) is 242 Å². The number of hydrogen-bond donors (Lipinski definition) is 5. The van der Waals surface area contributed by atoms with E-state index in [0.29, 0.717) is 103 Å². The molecule has 6 aromatic rings. The summed E-state index contributed by atoms with van der Waals surface area (Å²) < 4.78 is 47.0. The van der Waals surface area contributed by atoms with E-state index >= 15 is 0 Å². The molecule has 26 nitrogen and oxygen atoms in total. The molecule has 8 saturated carbocycles. The van der Waals surface area contributed by atoms with Gasteiger partial charge in [0.05, 0.1) is 24.4 Å². The van der Waals surface area contributed by atoms with Crippen LogP contribution in [-0.2, 0) is 72.3 Å². The quantitative estimate of drug-likeness (QED) is 0.0191. The molecule has 8 bridgehead atoms. The highest BCUT2D eigenvalue weighted by Gasteiger charge is 2.68. The first-order valence-electron chi connectivity index (χ1n) is 42.3. The van der Waals surface area contributed by atoms with Crippen LogP contribution < -0.4 is 35.2 Å². The molecule has 8 aliphatic carbocycles. The lowest BCUT2D eigenvalue weighted by molar-refractivity contribution is -0.248. The number of amides is 3. The molecule has 2 aromatic carbocycles. The number of nitrogens with one attached hydrogen (secondary N) is 3. The molecule has 6 heterocycles. The number of carboxylic acid groups (broad SMARTS) is 2. The molecular weight excluding hydrogens is 1510 g/mol. The number of carboxylic acids is 2. The normalized spacial score (nSPS) is 25.7. The largest absolute Gasteiger partial charge is 0.482 e. The molecule has 16 rings (SSSR count). The zero-order valence-electron chi connectivity index (χ0n) is 73.6. The van der Waals surface area contributed by atoms with Gasteiger partial charge in [0.15, 0.2) is 24.6 Å². The van der Waals surface area contributed by atoms with Crippen LogP contribution >= 0.6 is 0 Å². The standard InChI is InChI=1S/C53H75N5O9.C40H51N5O7/c1-34-35(19-22-58(34)33-52-28-50(11)27-51(12,29-52)31-53(30-50,32-52)64-24-23-56(14)46(62)67-49(8,9)10)37-16-18-41(55-43(37)45(61)66-48(5,6)7)57-21-20-36-39(25-57)38(44(60)54-13)15-17-40(36)63-26-42(59)65-47(2,3)4;1-25-26(10-14-45(25)24-39-19-37(2)18-38(3,20-39)22-40(21-37,23-39)52-15-12-41-4)28-7-9-32(43-34(28)36(49)50)44-13-11-27-30(16-44)29(35(48)42-5)6-8-31(27)51-17-33(46)47/h15-19,22H,20-21,23-33H2,1-14H3,(H,54,60);6-10,14,41H,11-13,15-24H2,1-5H3,(H,42,48)(H,46,47)(H,49,50). The number of aliphatic carboxylic acids is 1. The number of aromatic nitrogens is 4. The summed E-state index contributed by atoms with van der Waals surface area (Å²) in [6.07, 6.45) is 18.1. The maximum atomic E-state index is 14.2. The molecule has 4 atom stereocenters. The number of anilines is 2. The summed E-state index contributed by atoms with van der Waals surface area (Å²) in [5.74, 6) is -1.70. The lowest BCUT2D eigenvalue weighted by atomic mass is 9.39. The average molecular weight is 1640 g/mol. The van der Waals surface area contributed by atoms with Crippen molar-refractivity contribution in [1.82, 2.24) is 40.0 Å². The van der Waals surface area contributed by atoms with Crippen molar-refractivity contribution in [2.75, 3.05) is 90.6 Å². The molecule has 0 spiro atoms. The molecule has 644 valence electrons. The van der Waals surface area contributed by atoms with E-state index in [9.17, 15) is 38.7 Å². The van der Waals surface area contributed by atoms with Crippen LogP contribution in [-0.4, -0.2) is 185 Å². The van der Waals surface area contributed by atoms with Gasteiger partial charge in [0.25, 0.3) is 11.8 Å². The fourth-order valence-corrected chi connectivity index (χ4v) is 23.9. The van der Waals surface area contributed by atoms with Crippen LogP contribution in [0.15, 0.2) is 73.1 Å². The number of ether oxygens (including phenoxy) is 7. The number of rotatable bonds is 26. The first-order chi connectivity index (χ1) is 55.7. The summed E-state index contributed by atoms with van der Waals surface area (Å²) >= 11 is 0. The average Bonchev–Trinajstić information content (AvgIpc) is 1.51. The smallest absolute Gasteiger partial charge is 0.410 e. The van der Waals surface area contributed by atoms with E-state index in [0.717, 1.165) is 110 Å². The van der Waals surface area contributed by atoms with Crippen molar-refractivity contribution in [2.24, 2.45) is 32.5 Å². The zero-order chi connectivity index (χ0) is 86.2. The number of likely N-dealkylation sites (N-methyl/N-ethyl adjacent to an activating group) is 2. The molecule has 26 heteroatoms. The molecule has 4 unspecified atom stereocenters. The molecule has 4 aromatic heterocycles. The molecular formula is C93H126N10O16. The van der Waals surface area contributed by atoms with Crippen LogP contribution in [0.3, 0.4) is 0 Å². The Morgan fingerprint density at radius 2 is 0.924 bits per heavy atom. The summed E-state index contributed by atoms with van der Waals surface area (Å²) in [7, 11) is 6.89. The Morgan fingerprint density at radius 1 is 0.496 bits per heavy atom. The Hall–Kier alpha value is -9.53. The second-order valence-corrected chi connectivity index (χ2v) is 40.5. The molecule has 0 saturated heterocycles. The van der Waals surface area contributed by atoms with Crippen molar-refractivity contribution in [3.05, 3.63) is 129 Å². The lowest BCUT2D eigenvalue weighted by Gasteiger charge is -2.69. The number of pyridine rings is 2. The summed E-state index contributed by atoms with van der Waals surface area (Å²) in [4.78, 5) is 105. The third kappa shape index (κ3) is 19.0. The molecule has 0 radical (unpaired) electrons. The SMILES string of the molecule is CNC(=O)c1ccc(OCC(=O)OC(C)(C)C)c2c1CN(c1ccc(-c3ccn(CC45CC6(C)CC(C)(C4)CC(OCCN(C)C(=O)OC(C)(C)C)(C6)C5)c3C)c(C(=O)OC(C)(C)C)n1)CC2.CNCCOC12CC3(C)CC(C)(CC(Cn4ccc(-c5ccc(N6CCc7c(OCC(=O)O)ccc(C(=O)NC)c7C6)nc5C(=O)O)c4C)(C3)C1)C2. The maximum Gasteiger partial charge on any atom is 0.410 e. The van der Waals surface area contributed by atoms with Crippen LogP contribution in [0, 0.1) is 46.3 Å². The number of carbonyl (C=O) groups excluding carboxylic acids is 5. The summed E-state index contributed by atoms with van der Waals surface area (Å²) in [5.41, 5.74) is 7.82. The van der Waals surface area contributed by atoms with Gasteiger partial charge in [-0.15, -0.1) is 0 Å². The van der Waals surface area contributed by atoms with Crippen molar-refractivity contribution >= 4 is 53.4 Å². The van der Waals surface area contributed by atoms with Crippen molar-refractivity contribution in [3.8, 4) is 33.8 Å². The Labute approximate surface area is 700 Å². The number of carbonyl (C=O) groups is 7. The summed E-state index contributed by atoms with van der Waals surface area (Å²) in [6, 6.07) is 18.4. The van der Waals surface area contributed by atoms with E-state index in [4.69, 9.17) is 48.2 Å². The third-order valence-corrected chi connectivity index (χ3v) is 25.7. The second kappa shape index (κ2) is 32.5. The topological polar surface area (TPSA) is 306 Å². The number of esters is 2. The van der Waals surface area contributed by atoms with E-state index in [1.807, 2.05) is 83.8 Å². The van der Waals surface area contributed by atoms with E-state index < -0.39 is 47.3 Å². The second-order valence-electron chi connectivity index (χ2n) is 40.5. The van der Waals surface area contributed by atoms with Gasteiger partial charge in [-0.25, -0.2) is 33.9 Å². The van der Waals surface area contributed by atoms with Crippen LogP contribution in [0.25, 0.3) is 22.3 Å². The molecule has 2 aliphatic heterocycles. The maximum absolute atomic E-state index is 14.2. The molecule has 8 fully saturated rings. The van der Waals surface area contributed by atoms with Gasteiger partial charge in [-0.1, -0.05) is 27.7 Å². The number of hydrogen-bond acceptors (Lipinski definition) is 19. The fraction of sp³-hybridized carbons (Fsp3) is 0.602. The van der Waals surface area contributed by atoms with Crippen LogP contribution in [0.2, 0.25) is 0 Å². The highest BCUT2D eigenvalue weighted by atomic mass is 16.6. The first-order valence-corrected chi connectivity index (χ1v) is 42.3. The van der Waals surface area contributed by atoms with Gasteiger partial charge in [0, 0.05) is 142 Å². The van der Waals surface area contributed by atoms with Gasteiger partial charge in [-0.3, -0.25) is 9.59 Å². The molecule has 119 heavy (non-hydrogen) atoms. The summed E-state index contributed by atoms with van der Waals surface area (Å²) in [5, 5.41) is 28.3. The van der Waals surface area contributed by atoms with Gasteiger partial charge in [0.2, 0.25) is 0 Å². The minimum absolute atomic E-state index is 0.00515. The highest BCUT2D eigenvalue weighted by molar-refractivity contribution is 5.99. The van der Waals surface area contributed by atoms with E-state index in [1.165, 1.54) is 25.7 Å². The van der Waals surface area contributed by atoms with Crippen molar-refractivity contribution in [3.63, 3.8) is 0 Å². The number of aromatic carboxylic acids is 1. The van der Waals surface area contributed by atoms with Gasteiger partial charge in [-0.2, -0.15) is 0 Å². The van der Waals surface area contributed by atoms with E-state index in [2.05, 4.69) is 90.0 Å². The van der Waals surface area contributed by atoms with Gasteiger partial charge >= 0.3 is 30.0 Å². The Bertz CT molecular complexity index is 4880. The minimum atomic E-state index is -1.11. The van der Waals surface area contributed by atoms with Gasteiger partial charge < -0.3 is 83.2 Å². The van der Waals surface area contributed by atoms with Gasteiger partial charge in [-0.05, 0) is 277 Å². The van der Waals surface area contributed by atoms with Crippen molar-refractivity contribution < 1.29 is 76.9 Å². The monoisotopic (exact) mass is 1640 g/mol. The highest BCUT2D eigenvalue weighted by Crippen LogP contribution is 2.74. The number of nitrogens with zero attached hydrogens (tertiary/aromatic N) is 7. The minimum Gasteiger partial charge on any atom is -0.482 e. The number of benzene rings is 2. The van der Waals surface area contributed by atoms with Crippen molar-refractivity contribution in [1.29, 1.82) is 0 Å². The predicted molar refractivity (Wildman–Crippen MR) is 453 cm³/mol. The first kappa shape index (κ1) is 87.3. The van der Waals surface area contributed by atoms with E-state index in [1.54, 1.807) is 71.1 Å². The Kier molecular flexibility index (Phi) is 23.8. The van der Waals surface area contributed by atoms with Crippen LogP contribution in [0.5, 0.6) is 11.5 Å². The fourth-order valence-electron chi connectivity index (χ4n) is 23.9. The molecule has 5 N–H and O–H groups in total. The van der Waals surface area contributed by atoms with E-state index in [-0.39, 0.29) is 86.1 Å². The molecule has 10 aliphatic rings. The van der Waals surface area contributed by atoms with Gasteiger partial charge in [0.1, 0.15) is 39.9 Å². The number of fused-ring (bicyclic) bond motifs is 2. The molecule has 3 amide bonds. The zero-order valence-corrected chi connectivity index (χ0v) is 73.6.